The molecule has 0 atom stereocenters. The maximum Gasteiger partial charge on any atom is 0.287 e. The predicted molar refractivity (Wildman–Crippen MR) is 107 cm³/mol. The number of hydrogen-bond donors (Lipinski definition) is 3. The minimum absolute atomic E-state index is 0. The molecule has 0 bridgehead atoms. The molecular formula is C17H21IN4O4. The molecule has 1 aromatic heterocycles. The molecule has 0 fully saturated rings. The van der Waals surface area contributed by atoms with E-state index in [2.05, 4.69) is 20.9 Å². The number of halogens is 1. The van der Waals surface area contributed by atoms with Crippen LogP contribution in [0.4, 0.5) is 0 Å². The van der Waals surface area contributed by atoms with E-state index in [-0.39, 0.29) is 36.7 Å². The van der Waals surface area contributed by atoms with Crippen molar-refractivity contribution in [1.29, 1.82) is 0 Å². The molecule has 9 heteroatoms. The summed E-state index contributed by atoms with van der Waals surface area (Å²) in [5.74, 6) is 2.21. The van der Waals surface area contributed by atoms with Crippen LogP contribution in [0.5, 0.6) is 11.5 Å². The van der Waals surface area contributed by atoms with Crippen molar-refractivity contribution in [3.63, 3.8) is 0 Å². The average Bonchev–Trinajstić information content (AvgIpc) is 3.32. The topological polar surface area (TPSA) is 97.1 Å². The summed E-state index contributed by atoms with van der Waals surface area (Å²) < 4.78 is 15.7. The van der Waals surface area contributed by atoms with Crippen LogP contribution in [0.2, 0.25) is 0 Å². The average molecular weight is 472 g/mol. The van der Waals surface area contributed by atoms with Gasteiger partial charge in [-0.1, -0.05) is 6.07 Å². The summed E-state index contributed by atoms with van der Waals surface area (Å²) in [6.07, 6.45) is 1.47. The molecule has 140 valence electrons. The van der Waals surface area contributed by atoms with Gasteiger partial charge in [-0.3, -0.25) is 9.79 Å². The lowest BCUT2D eigenvalue weighted by Crippen LogP contribution is -2.41. The maximum atomic E-state index is 11.7. The Morgan fingerprint density at radius 2 is 1.92 bits per heavy atom. The number of nitrogens with one attached hydrogen (secondary N) is 3. The van der Waals surface area contributed by atoms with Crippen molar-refractivity contribution in [3.8, 4) is 11.5 Å². The third kappa shape index (κ3) is 5.28. The Kier molecular flexibility index (Phi) is 7.57. The molecular weight excluding hydrogens is 451 g/mol. The van der Waals surface area contributed by atoms with Gasteiger partial charge < -0.3 is 29.8 Å². The minimum atomic E-state index is -0.241. The second-order valence-electron chi connectivity index (χ2n) is 5.27. The van der Waals surface area contributed by atoms with E-state index >= 15 is 0 Å². The van der Waals surface area contributed by atoms with Gasteiger partial charge in [-0.05, 0) is 29.8 Å². The van der Waals surface area contributed by atoms with Gasteiger partial charge in [0.2, 0.25) is 6.79 Å². The number of carbonyl (C=O) groups is 1. The van der Waals surface area contributed by atoms with Crippen LogP contribution in [0.15, 0.2) is 46.0 Å². The fourth-order valence-corrected chi connectivity index (χ4v) is 2.31. The molecule has 0 aliphatic carbocycles. The minimum Gasteiger partial charge on any atom is -0.459 e. The molecule has 0 saturated heterocycles. The SMILES string of the molecule is CN=C(NCCNC(=O)c1ccco1)NCc1ccc2c(c1)OCO2.I. The third-order valence-corrected chi connectivity index (χ3v) is 3.57. The van der Waals surface area contributed by atoms with Crippen molar-refractivity contribution in [2.75, 3.05) is 26.9 Å². The Morgan fingerprint density at radius 3 is 2.69 bits per heavy atom. The van der Waals surface area contributed by atoms with Crippen molar-refractivity contribution in [2.24, 2.45) is 4.99 Å². The molecule has 3 rings (SSSR count). The summed E-state index contributed by atoms with van der Waals surface area (Å²) in [7, 11) is 1.69. The van der Waals surface area contributed by atoms with E-state index in [1.165, 1.54) is 6.26 Å². The van der Waals surface area contributed by atoms with Gasteiger partial charge in [0.05, 0.1) is 6.26 Å². The van der Waals surface area contributed by atoms with E-state index in [1.54, 1.807) is 19.2 Å². The van der Waals surface area contributed by atoms with Crippen LogP contribution >= 0.6 is 24.0 Å². The van der Waals surface area contributed by atoms with Crippen molar-refractivity contribution >= 4 is 35.8 Å². The molecule has 1 aliphatic heterocycles. The fourth-order valence-electron chi connectivity index (χ4n) is 2.31. The number of guanidine groups is 1. The predicted octanol–water partition coefficient (Wildman–Crippen LogP) is 1.72. The molecule has 1 amide bonds. The van der Waals surface area contributed by atoms with Gasteiger partial charge in [0.25, 0.3) is 5.91 Å². The van der Waals surface area contributed by atoms with Crippen molar-refractivity contribution in [1.82, 2.24) is 16.0 Å². The Morgan fingerprint density at radius 1 is 1.12 bits per heavy atom. The molecule has 26 heavy (non-hydrogen) atoms. The number of amides is 1. The molecule has 0 unspecified atom stereocenters. The lowest BCUT2D eigenvalue weighted by atomic mass is 10.2. The zero-order valence-electron chi connectivity index (χ0n) is 14.3. The number of ether oxygens (including phenoxy) is 2. The number of carbonyl (C=O) groups excluding carboxylic acids is 1. The van der Waals surface area contributed by atoms with Gasteiger partial charge in [0.1, 0.15) is 0 Å². The van der Waals surface area contributed by atoms with E-state index in [0.29, 0.717) is 31.4 Å². The lowest BCUT2D eigenvalue weighted by Gasteiger charge is -2.12. The van der Waals surface area contributed by atoms with E-state index in [4.69, 9.17) is 13.9 Å². The summed E-state index contributed by atoms with van der Waals surface area (Å²) in [5.41, 5.74) is 1.05. The van der Waals surface area contributed by atoms with Crippen LogP contribution in [0.3, 0.4) is 0 Å². The number of aliphatic imine (C=N–C) groups is 1. The Bertz CT molecular complexity index is 749. The zero-order chi connectivity index (χ0) is 17.5. The normalized spacial score (nSPS) is 12.3. The molecule has 0 saturated carbocycles. The lowest BCUT2D eigenvalue weighted by molar-refractivity contribution is 0.0926. The van der Waals surface area contributed by atoms with Gasteiger partial charge in [-0.2, -0.15) is 0 Å². The molecule has 1 aliphatic rings. The van der Waals surface area contributed by atoms with Crippen LogP contribution in [-0.4, -0.2) is 38.8 Å². The van der Waals surface area contributed by atoms with E-state index in [9.17, 15) is 4.79 Å². The van der Waals surface area contributed by atoms with Crippen molar-refractivity contribution in [2.45, 2.75) is 6.54 Å². The second kappa shape index (κ2) is 9.90. The summed E-state index contributed by atoms with van der Waals surface area (Å²) in [4.78, 5) is 15.9. The zero-order valence-corrected chi connectivity index (χ0v) is 16.6. The first kappa shape index (κ1) is 19.9. The van der Waals surface area contributed by atoms with E-state index in [0.717, 1.165) is 17.1 Å². The summed E-state index contributed by atoms with van der Waals surface area (Å²) >= 11 is 0. The number of hydrogen-bond acceptors (Lipinski definition) is 5. The van der Waals surface area contributed by atoms with Crippen LogP contribution in [0, 0.1) is 0 Å². The molecule has 2 aromatic rings. The first-order valence-electron chi connectivity index (χ1n) is 7.91. The van der Waals surface area contributed by atoms with Gasteiger partial charge >= 0.3 is 0 Å². The molecule has 8 nitrogen and oxygen atoms in total. The standard InChI is InChI=1S/C17H20N4O4.HI/c1-18-17(20-7-6-19-16(22)14-3-2-8-23-14)21-10-12-4-5-13-15(9-12)25-11-24-13;/h2-5,8-9H,6-7,10-11H2,1H3,(H,19,22)(H2,18,20,21);1H. The van der Waals surface area contributed by atoms with E-state index in [1.807, 2.05) is 18.2 Å². The molecule has 0 spiro atoms. The van der Waals surface area contributed by atoms with Crippen LogP contribution in [0.1, 0.15) is 16.1 Å². The number of benzene rings is 1. The van der Waals surface area contributed by atoms with Gasteiger partial charge in [-0.15, -0.1) is 24.0 Å². The second-order valence-corrected chi connectivity index (χ2v) is 5.27. The largest absolute Gasteiger partial charge is 0.459 e. The van der Waals surface area contributed by atoms with Gasteiger partial charge in [0.15, 0.2) is 23.2 Å². The van der Waals surface area contributed by atoms with Crippen LogP contribution in [-0.2, 0) is 6.54 Å². The molecule has 0 radical (unpaired) electrons. The highest BCUT2D eigenvalue weighted by atomic mass is 127. The molecule has 2 heterocycles. The van der Waals surface area contributed by atoms with Crippen molar-refractivity contribution in [3.05, 3.63) is 47.9 Å². The maximum absolute atomic E-state index is 11.7. The Balaban J connectivity index is 0.00000243. The first-order valence-corrected chi connectivity index (χ1v) is 7.91. The highest BCUT2D eigenvalue weighted by Gasteiger charge is 2.13. The Labute approximate surface area is 168 Å². The number of furan rings is 1. The van der Waals surface area contributed by atoms with Crippen LogP contribution < -0.4 is 25.4 Å². The van der Waals surface area contributed by atoms with E-state index < -0.39 is 0 Å². The monoisotopic (exact) mass is 472 g/mol. The number of rotatable bonds is 6. The number of nitrogens with zero attached hydrogens (tertiary/aromatic N) is 1. The summed E-state index contributed by atoms with van der Waals surface area (Å²) in [5, 5.41) is 9.09. The molecule has 1 aromatic carbocycles. The highest BCUT2D eigenvalue weighted by molar-refractivity contribution is 14.0. The summed E-state index contributed by atoms with van der Waals surface area (Å²) in [6, 6.07) is 9.09. The molecule has 3 N–H and O–H groups in total. The smallest absolute Gasteiger partial charge is 0.287 e. The van der Waals surface area contributed by atoms with Crippen molar-refractivity contribution < 1.29 is 18.7 Å². The van der Waals surface area contributed by atoms with Gasteiger partial charge in [0, 0.05) is 26.7 Å². The first-order chi connectivity index (χ1) is 12.3. The quantitative estimate of drug-likeness (QED) is 0.257. The highest BCUT2D eigenvalue weighted by Crippen LogP contribution is 2.32. The van der Waals surface area contributed by atoms with Gasteiger partial charge in [-0.25, -0.2) is 0 Å². The fraction of sp³-hybridized carbons (Fsp3) is 0.294. The van der Waals surface area contributed by atoms with Crippen LogP contribution in [0.25, 0.3) is 0 Å². The summed E-state index contributed by atoms with van der Waals surface area (Å²) in [6.45, 7) is 1.84. The Hall–Kier alpha value is -2.43. The third-order valence-electron chi connectivity index (χ3n) is 3.57. The number of fused-ring (bicyclic) bond motifs is 1.